The molecule has 0 spiro atoms. The van der Waals surface area contributed by atoms with Crippen LogP contribution in [0.4, 0.5) is 10.8 Å². The van der Waals surface area contributed by atoms with Crippen LogP contribution in [0.15, 0.2) is 60.8 Å². The number of thioether (sulfide) groups is 1. The van der Waals surface area contributed by atoms with Crippen molar-refractivity contribution in [1.82, 2.24) is 4.98 Å². The van der Waals surface area contributed by atoms with Crippen molar-refractivity contribution in [1.29, 1.82) is 5.41 Å². The number of amides is 1. The maximum absolute atomic E-state index is 12.9. The number of carbonyl (C=O) groups excluding carboxylic acids is 1. The number of non-ortho nitro benzene ring substituents is 1. The summed E-state index contributed by atoms with van der Waals surface area (Å²) in [5, 5.41) is 19.3. The summed E-state index contributed by atoms with van der Waals surface area (Å²) in [4.78, 5) is 29.9. The monoisotopic (exact) mass is 410 g/mol. The third kappa shape index (κ3) is 3.54. The first-order valence-corrected chi connectivity index (χ1v) is 10.0. The van der Waals surface area contributed by atoms with Gasteiger partial charge in [0.2, 0.25) is 0 Å². The minimum Gasteiger partial charge on any atom is -0.278 e. The van der Waals surface area contributed by atoms with Crippen LogP contribution < -0.4 is 4.90 Å². The largest absolute Gasteiger partial charge is 0.278 e. The van der Waals surface area contributed by atoms with Crippen molar-refractivity contribution in [3.63, 3.8) is 0 Å². The molecule has 1 amide bonds. The van der Waals surface area contributed by atoms with E-state index in [1.165, 1.54) is 40.1 Å². The minimum atomic E-state index is -0.446. The summed E-state index contributed by atoms with van der Waals surface area (Å²) in [6.07, 6.45) is 2.13. The highest BCUT2D eigenvalue weighted by Gasteiger charge is 2.40. The van der Waals surface area contributed by atoms with E-state index < -0.39 is 10.2 Å². The molecule has 0 aliphatic carbocycles. The molecule has 7 nitrogen and oxygen atoms in total. The fourth-order valence-electron chi connectivity index (χ4n) is 2.92. The first-order valence-electron chi connectivity index (χ1n) is 8.35. The molecule has 0 bridgehead atoms. The van der Waals surface area contributed by atoms with Crippen LogP contribution >= 0.6 is 23.1 Å². The van der Waals surface area contributed by atoms with E-state index in [0.717, 1.165) is 16.0 Å². The highest BCUT2D eigenvalue weighted by Crippen LogP contribution is 2.42. The van der Waals surface area contributed by atoms with Crippen LogP contribution in [0.3, 0.4) is 0 Å². The Kier molecular flexibility index (Phi) is 4.93. The Bertz CT molecular complexity index is 1070. The van der Waals surface area contributed by atoms with Gasteiger partial charge in [0, 0.05) is 29.6 Å². The highest BCUT2D eigenvalue weighted by molar-refractivity contribution is 8.15. The summed E-state index contributed by atoms with van der Waals surface area (Å²) in [6, 6.07) is 15.8. The molecular formula is C19H14N4O3S2. The van der Waals surface area contributed by atoms with Crippen LogP contribution in [0.25, 0.3) is 0 Å². The number of nitrogens with one attached hydrogen (secondary N) is 1. The number of amidine groups is 1. The van der Waals surface area contributed by atoms with E-state index in [4.69, 9.17) is 5.41 Å². The number of carbonyl (C=O) groups is 1. The number of hydrogen-bond acceptors (Lipinski definition) is 7. The number of nitrogens with zero attached hydrogens (tertiary/aromatic N) is 3. The number of aromatic nitrogens is 1. The standard InChI is InChI=1S/C19H14N4O3S2/c20-18-22(17(24)16(28-18)13-6-2-1-3-7-13)19-21-11-15(27-19)10-12-5-4-8-14(9-12)23(25)26/h1-9,11,16,20H,10H2. The molecule has 2 aromatic carbocycles. The van der Waals surface area contributed by atoms with Crippen molar-refractivity contribution in [3.05, 3.63) is 86.9 Å². The van der Waals surface area contributed by atoms with E-state index >= 15 is 0 Å². The van der Waals surface area contributed by atoms with Crippen LogP contribution in [0, 0.1) is 15.5 Å². The summed E-state index contributed by atoms with van der Waals surface area (Å²) in [5.74, 6) is -0.183. The van der Waals surface area contributed by atoms with E-state index in [9.17, 15) is 14.9 Å². The van der Waals surface area contributed by atoms with Gasteiger partial charge in [-0.1, -0.05) is 54.2 Å². The summed E-state index contributed by atoms with van der Waals surface area (Å²) in [7, 11) is 0. The van der Waals surface area contributed by atoms with Crippen LogP contribution in [-0.4, -0.2) is 21.0 Å². The van der Waals surface area contributed by atoms with Gasteiger partial charge in [-0.2, -0.15) is 0 Å². The molecule has 2 heterocycles. The van der Waals surface area contributed by atoms with Crippen molar-refractivity contribution < 1.29 is 9.72 Å². The predicted molar refractivity (Wildman–Crippen MR) is 110 cm³/mol. The quantitative estimate of drug-likeness (QED) is 0.496. The highest BCUT2D eigenvalue weighted by atomic mass is 32.2. The Morgan fingerprint density at radius 2 is 1.96 bits per heavy atom. The van der Waals surface area contributed by atoms with Crippen molar-refractivity contribution in [2.75, 3.05) is 4.90 Å². The molecule has 1 saturated heterocycles. The van der Waals surface area contributed by atoms with Gasteiger partial charge in [0.15, 0.2) is 10.3 Å². The summed E-state index contributed by atoms with van der Waals surface area (Å²) in [5.41, 5.74) is 1.70. The number of nitro benzene ring substituents is 1. The maximum atomic E-state index is 12.9. The molecule has 1 aromatic heterocycles. The van der Waals surface area contributed by atoms with Crippen molar-refractivity contribution >= 4 is 45.0 Å². The molecule has 1 fully saturated rings. The molecule has 0 radical (unpaired) electrons. The lowest BCUT2D eigenvalue weighted by molar-refractivity contribution is -0.384. The van der Waals surface area contributed by atoms with Crippen LogP contribution in [0.2, 0.25) is 0 Å². The van der Waals surface area contributed by atoms with E-state index in [1.54, 1.807) is 12.3 Å². The topological polar surface area (TPSA) is 100 Å². The van der Waals surface area contributed by atoms with Gasteiger partial charge in [0.1, 0.15) is 5.25 Å². The van der Waals surface area contributed by atoms with Gasteiger partial charge >= 0.3 is 0 Å². The first kappa shape index (κ1) is 18.3. The molecule has 0 saturated carbocycles. The van der Waals surface area contributed by atoms with Gasteiger partial charge in [-0.3, -0.25) is 20.3 Å². The van der Waals surface area contributed by atoms with Crippen LogP contribution in [0.5, 0.6) is 0 Å². The molecule has 3 aromatic rings. The van der Waals surface area contributed by atoms with E-state index in [2.05, 4.69) is 4.98 Å². The number of nitro groups is 1. The Labute approximate surface area is 168 Å². The Hall–Kier alpha value is -3.04. The average Bonchev–Trinajstić information content (AvgIpc) is 3.26. The molecular weight excluding hydrogens is 396 g/mol. The third-order valence-electron chi connectivity index (χ3n) is 4.21. The second-order valence-electron chi connectivity index (χ2n) is 6.10. The van der Waals surface area contributed by atoms with E-state index in [-0.39, 0.29) is 16.8 Å². The van der Waals surface area contributed by atoms with Gasteiger partial charge in [0.25, 0.3) is 11.6 Å². The van der Waals surface area contributed by atoms with Crippen LogP contribution in [0.1, 0.15) is 21.3 Å². The zero-order valence-corrected chi connectivity index (χ0v) is 16.1. The van der Waals surface area contributed by atoms with Gasteiger partial charge in [0.05, 0.1) is 4.92 Å². The second-order valence-corrected chi connectivity index (χ2v) is 8.29. The average molecular weight is 410 g/mol. The molecule has 140 valence electrons. The smallest absolute Gasteiger partial charge is 0.269 e. The van der Waals surface area contributed by atoms with Gasteiger partial charge in [-0.15, -0.1) is 11.3 Å². The fraction of sp³-hybridized carbons (Fsp3) is 0.105. The second kappa shape index (κ2) is 7.53. The van der Waals surface area contributed by atoms with E-state index in [1.807, 2.05) is 36.4 Å². The normalized spacial score (nSPS) is 16.6. The molecule has 9 heteroatoms. The number of anilines is 1. The van der Waals surface area contributed by atoms with E-state index in [0.29, 0.717) is 11.6 Å². The maximum Gasteiger partial charge on any atom is 0.269 e. The van der Waals surface area contributed by atoms with Gasteiger partial charge < -0.3 is 0 Å². The SMILES string of the molecule is N=C1SC(c2ccccc2)C(=O)N1c1ncc(Cc2cccc([N+](=O)[O-])c2)s1. The molecule has 4 rings (SSSR count). The lowest BCUT2D eigenvalue weighted by Gasteiger charge is -2.11. The van der Waals surface area contributed by atoms with Crippen molar-refractivity contribution in [3.8, 4) is 0 Å². The summed E-state index contributed by atoms with van der Waals surface area (Å²) < 4.78 is 0. The predicted octanol–water partition coefficient (Wildman–Crippen LogP) is 4.40. The molecule has 1 aliphatic rings. The lowest BCUT2D eigenvalue weighted by Crippen LogP contribution is -2.29. The zero-order valence-electron chi connectivity index (χ0n) is 14.4. The van der Waals surface area contributed by atoms with Gasteiger partial charge in [-0.05, 0) is 11.1 Å². The summed E-state index contributed by atoms with van der Waals surface area (Å²) >= 11 is 2.51. The van der Waals surface area contributed by atoms with Crippen LogP contribution in [-0.2, 0) is 11.2 Å². The molecule has 1 unspecified atom stereocenters. The molecule has 1 aliphatic heterocycles. The Balaban J connectivity index is 1.54. The van der Waals surface area contributed by atoms with Gasteiger partial charge in [-0.25, -0.2) is 9.88 Å². The minimum absolute atomic E-state index is 0.0424. The summed E-state index contributed by atoms with van der Waals surface area (Å²) in [6.45, 7) is 0. The van der Waals surface area contributed by atoms with Crippen molar-refractivity contribution in [2.24, 2.45) is 0 Å². The first-order chi connectivity index (χ1) is 13.5. The third-order valence-corrected chi connectivity index (χ3v) is 6.31. The zero-order chi connectivity index (χ0) is 19.7. The number of benzene rings is 2. The number of thiazole rings is 1. The number of rotatable bonds is 5. The Morgan fingerprint density at radius 3 is 2.71 bits per heavy atom. The molecule has 1 N–H and O–H groups in total. The number of hydrogen-bond donors (Lipinski definition) is 1. The molecule has 1 atom stereocenters. The Morgan fingerprint density at radius 1 is 1.18 bits per heavy atom. The fourth-order valence-corrected chi connectivity index (χ4v) is 4.93. The van der Waals surface area contributed by atoms with Crippen molar-refractivity contribution in [2.45, 2.75) is 11.7 Å². The lowest BCUT2D eigenvalue weighted by atomic mass is 10.1. The molecule has 28 heavy (non-hydrogen) atoms.